The van der Waals surface area contributed by atoms with Gasteiger partial charge in [0.05, 0.1) is 28.0 Å². The lowest BCUT2D eigenvalue weighted by Gasteiger charge is -2.40. The van der Waals surface area contributed by atoms with E-state index in [1.165, 1.54) is 49.7 Å². The van der Waals surface area contributed by atoms with Crippen molar-refractivity contribution in [3.05, 3.63) is 199 Å². The van der Waals surface area contributed by atoms with Crippen LogP contribution in [0, 0.1) is 0 Å². The fourth-order valence-corrected chi connectivity index (χ4v) is 8.88. The van der Waals surface area contributed by atoms with Crippen molar-refractivity contribution in [2.45, 2.75) is 18.4 Å². The van der Waals surface area contributed by atoms with Gasteiger partial charge in [0.2, 0.25) is 0 Å². The van der Waals surface area contributed by atoms with Crippen molar-refractivity contribution in [1.29, 1.82) is 0 Å². The van der Waals surface area contributed by atoms with Crippen LogP contribution >= 0.6 is 0 Å². The summed E-state index contributed by atoms with van der Waals surface area (Å²) in [5.74, 6) is 0.926. The van der Waals surface area contributed by atoms with Gasteiger partial charge in [-0.15, -0.1) is 0 Å². The van der Waals surface area contributed by atoms with Gasteiger partial charge in [0.25, 0.3) is 0 Å². The zero-order valence-corrected chi connectivity index (χ0v) is 30.3. The highest BCUT2D eigenvalue weighted by Crippen LogP contribution is 2.51. The lowest BCUT2D eigenvalue weighted by atomic mass is 9.76. The molecule has 2 unspecified atom stereocenters. The smallest absolute Gasteiger partial charge is 0.160 e. The monoisotopic (exact) mass is 704 g/mol. The molecule has 0 radical (unpaired) electrons. The minimum Gasteiger partial charge on any atom is -0.338 e. The Morgan fingerprint density at radius 2 is 1.22 bits per heavy atom. The zero-order chi connectivity index (χ0) is 36.5. The Balaban J connectivity index is 0.963. The van der Waals surface area contributed by atoms with Crippen LogP contribution in [0.1, 0.15) is 24.1 Å². The summed E-state index contributed by atoms with van der Waals surface area (Å²) in [5, 5.41) is 4.82. The average molecular weight is 705 g/mol. The van der Waals surface area contributed by atoms with E-state index in [-0.39, 0.29) is 11.5 Å². The van der Waals surface area contributed by atoms with Gasteiger partial charge in [-0.3, -0.25) is 0 Å². The van der Waals surface area contributed by atoms with Gasteiger partial charge in [-0.05, 0) is 95.1 Å². The highest BCUT2D eigenvalue weighted by atomic mass is 15.2. The predicted octanol–water partition coefficient (Wildman–Crippen LogP) is 12.6. The van der Waals surface area contributed by atoms with Crippen molar-refractivity contribution >= 4 is 44.3 Å². The predicted molar refractivity (Wildman–Crippen MR) is 228 cm³/mol. The highest BCUT2D eigenvalue weighted by molar-refractivity contribution is 5.95. The van der Waals surface area contributed by atoms with Gasteiger partial charge in [-0.2, -0.15) is 0 Å². The Kier molecular flexibility index (Phi) is 7.02. The summed E-state index contributed by atoms with van der Waals surface area (Å²) >= 11 is 0. The number of hydrogen-bond donors (Lipinski definition) is 0. The first-order valence-electron chi connectivity index (χ1n) is 18.9. The molecule has 7 aromatic carbocycles. The summed E-state index contributed by atoms with van der Waals surface area (Å²) in [4.78, 5) is 12.7. The fourth-order valence-electron chi connectivity index (χ4n) is 8.88. The van der Waals surface area contributed by atoms with Crippen molar-refractivity contribution in [3.8, 4) is 39.5 Å². The molecule has 0 fully saturated rings. The Morgan fingerprint density at radius 1 is 0.545 bits per heavy atom. The number of fused-ring (bicyclic) bond motifs is 7. The molecular weight excluding hydrogens is 669 g/mol. The first-order valence-corrected chi connectivity index (χ1v) is 18.9. The van der Waals surface area contributed by atoms with E-state index in [2.05, 4.69) is 205 Å². The van der Waals surface area contributed by atoms with Gasteiger partial charge in [-0.1, -0.05) is 127 Å². The number of benzene rings is 7. The van der Waals surface area contributed by atoms with Crippen LogP contribution in [0.5, 0.6) is 0 Å². The normalized spacial score (nSPS) is 17.3. The molecule has 0 saturated carbocycles. The third-order valence-electron chi connectivity index (χ3n) is 11.7. The van der Waals surface area contributed by atoms with Gasteiger partial charge >= 0.3 is 0 Å². The highest BCUT2D eigenvalue weighted by Gasteiger charge is 2.45. The van der Waals surface area contributed by atoms with Crippen LogP contribution in [0.4, 0.5) is 5.69 Å². The van der Waals surface area contributed by atoms with Gasteiger partial charge in [0.1, 0.15) is 0 Å². The molecular formula is C51H36N4. The number of anilines is 1. The van der Waals surface area contributed by atoms with Crippen molar-refractivity contribution in [2.75, 3.05) is 4.90 Å². The van der Waals surface area contributed by atoms with Crippen LogP contribution in [-0.4, -0.2) is 20.1 Å². The molecule has 4 heteroatoms. The molecule has 1 aliphatic carbocycles. The molecule has 11 rings (SSSR count). The van der Waals surface area contributed by atoms with Crippen molar-refractivity contribution in [3.63, 3.8) is 0 Å². The summed E-state index contributed by atoms with van der Waals surface area (Å²) < 4.78 is 2.41. The van der Waals surface area contributed by atoms with Crippen molar-refractivity contribution in [1.82, 2.24) is 14.5 Å². The second-order valence-corrected chi connectivity index (χ2v) is 14.8. The number of rotatable bonds is 5. The molecule has 2 aromatic heterocycles. The molecule has 2 aliphatic rings. The van der Waals surface area contributed by atoms with E-state index in [1.807, 2.05) is 6.07 Å². The second kappa shape index (κ2) is 12.3. The zero-order valence-electron chi connectivity index (χ0n) is 30.3. The molecule has 0 spiro atoms. The molecule has 0 saturated heterocycles. The summed E-state index contributed by atoms with van der Waals surface area (Å²) in [6, 6.07) is 60.5. The first kappa shape index (κ1) is 31.5. The second-order valence-electron chi connectivity index (χ2n) is 14.8. The fraction of sp³-hybridized carbons (Fsp3) is 0.0588. The third-order valence-corrected chi connectivity index (χ3v) is 11.7. The quantitative estimate of drug-likeness (QED) is 0.179. The Labute approximate surface area is 320 Å². The van der Waals surface area contributed by atoms with E-state index in [0.29, 0.717) is 5.82 Å². The number of aromatic nitrogens is 3. The van der Waals surface area contributed by atoms with E-state index in [0.717, 1.165) is 33.4 Å². The lowest BCUT2D eigenvalue weighted by Crippen LogP contribution is -2.43. The van der Waals surface area contributed by atoms with Gasteiger partial charge in [0, 0.05) is 45.4 Å². The lowest BCUT2D eigenvalue weighted by molar-refractivity contribution is 0.534. The molecule has 2 atom stereocenters. The Bertz CT molecular complexity index is 2990. The maximum Gasteiger partial charge on any atom is 0.160 e. The molecule has 0 N–H and O–H groups in total. The number of para-hydroxylation sites is 3. The molecule has 0 amide bonds. The molecule has 55 heavy (non-hydrogen) atoms. The van der Waals surface area contributed by atoms with E-state index >= 15 is 0 Å². The van der Waals surface area contributed by atoms with E-state index < -0.39 is 0 Å². The minimum atomic E-state index is -0.199. The SMILES string of the molecule is CC12C=Cc3c(c4ccccc4n3-c3ccc(-c4nc(-c5ccc(-c6ccc7ccccc7c6)cc5)c5ccccc5n4)cc3)C1C=CN2c1ccccc1. The number of nitrogens with zero attached hydrogens (tertiary/aromatic N) is 4. The van der Waals surface area contributed by atoms with Crippen LogP contribution < -0.4 is 4.90 Å². The Morgan fingerprint density at radius 3 is 2.05 bits per heavy atom. The molecule has 9 aromatic rings. The van der Waals surface area contributed by atoms with E-state index in [1.54, 1.807) is 0 Å². The average Bonchev–Trinajstić information content (AvgIpc) is 3.78. The third kappa shape index (κ3) is 4.99. The van der Waals surface area contributed by atoms with Crippen molar-refractivity contribution < 1.29 is 0 Å². The van der Waals surface area contributed by atoms with Crippen LogP contribution in [0.2, 0.25) is 0 Å². The molecule has 3 heterocycles. The summed E-state index contributed by atoms with van der Waals surface area (Å²) in [5.41, 5.74) is 12.2. The minimum absolute atomic E-state index is 0.199. The van der Waals surface area contributed by atoms with Crippen LogP contribution in [-0.2, 0) is 0 Å². The Hall–Kier alpha value is -7.04. The summed E-state index contributed by atoms with van der Waals surface area (Å²) in [7, 11) is 0. The standard InChI is InChI=1S/C51H36N4/c1-51-31-29-47-48(44(51)30-32-54(51)40-13-3-2-4-14-40)43-16-8-10-18-46(43)55(47)41-27-25-37(26-28-41)50-52-45-17-9-7-15-42(45)49(53-50)36-22-19-35(20-23-36)39-24-21-34-11-5-6-12-38(34)33-39/h2-33,44H,1H3. The maximum absolute atomic E-state index is 5.23. The molecule has 4 nitrogen and oxygen atoms in total. The van der Waals surface area contributed by atoms with Crippen LogP contribution in [0.15, 0.2) is 188 Å². The maximum atomic E-state index is 5.23. The van der Waals surface area contributed by atoms with E-state index in [4.69, 9.17) is 9.97 Å². The van der Waals surface area contributed by atoms with Crippen LogP contribution in [0.25, 0.3) is 78.1 Å². The van der Waals surface area contributed by atoms with Gasteiger partial charge in [-0.25, -0.2) is 9.97 Å². The summed E-state index contributed by atoms with van der Waals surface area (Å²) in [6.45, 7) is 2.35. The van der Waals surface area contributed by atoms with Gasteiger partial charge < -0.3 is 9.47 Å². The largest absolute Gasteiger partial charge is 0.338 e. The molecule has 0 bridgehead atoms. The number of hydrogen-bond acceptors (Lipinski definition) is 3. The van der Waals surface area contributed by atoms with E-state index in [9.17, 15) is 0 Å². The summed E-state index contributed by atoms with van der Waals surface area (Å²) in [6.07, 6.45) is 9.35. The first-order chi connectivity index (χ1) is 27.1. The van der Waals surface area contributed by atoms with Gasteiger partial charge in [0.15, 0.2) is 5.82 Å². The molecule has 260 valence electrons. The topological polar surface area (TPSA) is 34.0 Å². The van der Waals surface area contributed by atoms with Crippen LogP contribution in [0.3, 0.4) is 0 Å². The molecule has 1 aliphatic heterocycles. The van der Waals surface area contributed by atoms with Crippen molar-refractivity contribution in [2.24, 2.45) is 0 Å².